The lowest BCUT2D eigenvalue weighted by Crippen LogP contribution is -2.43. The summed E-state index contributed by atoms with van der Waals surface area (Å²) in [7, 11) is 0. The standard InChI is InChI=1S/C14H20N2O/c1-10-5-3-4-6-12(10)9-16(13-7-8-13)14(17)11(2)15/h3-6,11,13H,7-9,15H2,1-2H3. The molecule has 3 nitrogen and oxygen atoms in total. The number of amides is 1. The van der Waals surface area contributed by atoms with Crippen LogP contribution in [0.1, 0.15) is 30.9 Å². The summed E-state index contributed by atoms with van der Waals surface area (Å²) in [6.07, 6.45) is 2.23. The topological polar surface area (TPSA) is 46.3 Å². The molecule has 1 fully saturated rings. The highest BCUT2D eigenvalue weighted by atomic mass is 16.2. The molecule has 0 bridgehead atoms. The zero-order chi connectivity index (χ0) is 12.4. The Hall–Kier alpha value is -1.35. The third kappa shape index (κ3) is 2.86. The molecule has 0 aromatic heterocycles. The second kappa shape index (κ2) is 4.88. The van der Waals surface area contributed by atoms with E-state index in [0.717, 1.165) is 12.8 Å². The van der Waals surface area contributed by atoms with Gasteiger partial charge < -0.3 is 10.6 Å². The van der Waals surface area contributed by atoms with E-state index < -0.39 is 6.04 Å². The molecule has 0 radical (unpaired) electrons. The predicted molar refractivity (Wildman–Crippen MR) is 68.4 cm³/mol. The van der Waals surface area contributed by atoms with Crippen molar-refractivity contribution in [3.63, 3.8) is 0 Å². The van der Waals surface area contributed by atoms with E-state index in [1.807, 2.05) is 17.0 Å². The van der Waals surface area contributed by atoms with Crippen molar-refractivity contribution >= 4 is 5.91 Å². The van der Waals surface area contributed by atoms with E-state index in [9.17, 15) is 4.79 Å². The predicted octanol–water partition coefficient (Wildman–Crippen LogP) is 1.83. The van der Waals surface area contributed by atoms with Gasteiger partial charge in [0.25, 0.3) is 0 Å². The van der Waals surface area contributed by atoms with Gasteiger partial charge in [-0.3, -0.25) is 4.79 Å². The van der Waals surface area contributed by atoms with Crippen LogP contribution in [0.3, 0.4) is 0 Å². The molecule has 2 rings (SSSR count). The van der Waals surface area contributed by atoms with Gasteiger partial charge in [0.1, 0.15) is 0 Å². The summed E-state index contributed by atoms with van der Waals surface area (Å²) in [6, 6.07) is 8.21. The van der Waals surface area contributed by atoms with Gasteiger partial charge in [-0.1, -0.05) is 24.3 Å². The Balaban J connectivity index is 2.13. The summed E-state index contributed by atoms with van der Waals surface area (Å²) >= 11 is 0. The van der Waals surface area contributed by atoms with Crippen molar-refractivity contribution < 1.29 is 4.79 Å². The summed E-state index contributed by atoms with van der Waals surface area (Å²) in [5, 5.41) is 0. The minimum absolute atomic E-state index is 0.0655. The van der Waals surface area contributed by atoms with Crippen LogP contribution in [0.5, 0.6) is 0 Å². The summed E-state index contributed by atoms with van der Waals surface area (Å²) in [5.41, 5.74) is 8.15. The van der Waals surface area contributed by atoms with Gasteiger partial charge in [0, 0.05) is 12.6 Å². The van der Waals surface area contributed by atoms with Gasteiger partial charge in [-0.2, -0.15) is 0 Å². The maximum atomic E-state index is 12.0. The van der Waals surface area contributed by atoms with Crippen LogP contribution in [-0.2, 0) is 11.3 Å². The zero-order valence-corrected chi connectivity index (χ0v) is 10.5. The van der Waals surface area contributed by atoms with Crippen LogP contribution in [-0.4, -0.2) is 22.9 Å². The molecule has 3 heteroatoms. The normalized spacial score (nSPS) is 16.6. The molecule has 92 valence electrons. The van der Waals surface area contributed by atoms with Gasteiger partial charge in [0.05, 0.1) is 6.04 Å². The van der Waals surface area contributed by atoms with E-state index in [1.54, 1.807) is 6.92 Å². The number of rotatable bonds is 4. The van der Waals surface area contributed by atoms with Crippen LogP contribution in [0.2, 0.25) is 0 Å². The highest BCUT2D eigenvalue weighted by molar-refractivity contribution is 5.81. The Labute approximate surface area is 103 Å². The third-order valence-electron chi connectivity index (χ3n) is 3.26. The second-order valence-corrected chi connectivity index (χ2v) is 4.91. The summed E-state index contributed by atoms with van der Waals surface area (Å²) in [5.74, 6) is 0.0655. The monoisotopic (exact) mass is 232 g/mol. The zero-order valence-electron chi connectivity index (χ0n) is 10.5. The van der Waals surface area contributed by atoms with E-state index in [1.165, 1.54) is 11.1 Å². The van der Waals surface area contributed by atoms with Crippen molar-refractivity contribution in [2.24, 2.45) is 5.73 Å². The summed E-state index contributed by atoms with van der Waals surface area (Å²) in [4.78, 5) is 14.0. The number of hydrogen-bond acceptors (Lipinski definition) is 2. The third-order valence-corrected chi connectivity index (χ3v) is 3.26. The first kappa shape index (κ1) is 12.1. The summed E-state index contributed by atoms with van der Waals surface area (Å²) in [6.45, 7) is 4.53. The number of carbonyl (C=O) groups excluding carboxylic acids is 1. The minimum atomic E-state index is -0.403. The van der Waals surface area contributed by atoms with Gasteiger partial charge >= 0.3 is 0 Å². The fraction of sp³-hybridized carbons (Fsp3) is 0.500. The van der Waals surface area contributed by atoms with Crippen molar-refractivity contribution in [2.45, 2.75) is 45.3 Å². The van der Waals surface area contributed by atoms with Crippen LogP contribution in [0.15, 0.2) is 24.3 Å². The first-order chi connectivity index (χ1) is 8.09. The second-order valence-electron chi connectivity index (χ2n) is 4.91. The molecule has 1 aliphatic carbocycles. The lowest BCUT2D eigenvalue weighted by Gasteiger charge is -2.25. The molecule has 0 aliphatic heterocycles. The Morgan fingerprint density at radius 1 is 1.47 bits per heavy atom. The van der Waals surface area contributed by atoms with Gasteiger partial charge in [0.2, 0.25) is 5.91 Å². The van der Waals surface area contributed by atoms with Crippen molar-refractivity contribution in [3.05, 3.63) is 35.4 Å². The molecule has 1 atom stereocenters. The Kier molecular flexibility index (Phi) is 3.48. The molecule has 0 spiro atoms. The van der Waals surface area contributed by atoms with Gasteiger partial charge in [-0.05, 0) is 37.8 Å². The number of benzene rings is 1. The number of nitrogens with zero attached hydrogens (tertiary/aromatic N) is 1. The molecule has 1 aromatic rings. The van der Waals surface area contributed by atoms with E-state index in [4.69, 9.17) is 5.73 Å². The lowest BCUT2D eigenvalue weighted by molar-refractivity contribution is -0.133. The maximum absolute atomic E-state index is 12.0. The first-order valence-corrected chi connectivity index (χ1v) is 6.20. The fourth-order valence-corrected chi connectivity index (χ4v) is 2.01. The molecular weight excluding hydrogens is 212 g/mol. The first-order valence-electron chi connectivity index (χ1n) is 6.20. The van der Waals surface area contributed by atoms with Crippen LogP contribution in [0, 0.1) is 6.92 Å². The van der Waals surface area contributed by atoms with Crippen LogP contribution in [0.25, 0.3) is 0 Å². The maximum Gasteiger partial charge on any atom is 0.239 e. The number of hydrogen-bond donors (Lipinski definition) is 1. The minimum Gasteiger partial charge on any atom is -0.334 e. The molecule has 0 saturated heterocycles. The Bertz CT molecular complexity index is 410. The fourth-order valence-electron chi connectivity index (χ4n) is 2.01. The van der Waals surface area contributed by atoms with E-state index in [-0.39, 0.29) is 5.91 Å². The molecule has 1 amide bonds. The van der Waals surface area contributed by atoms with Crippen molar-refractivity contribution in [1.82, 2.24) is 4.90 Å². The number of aryl methyl sites for hydroxylation is 1. The molecule has 17 heavy (non-hydrogen) atoms. The highest BCUT2D eigenvalue weighted by Crippen LogP contribution is 2.29. The van der Waals surface area contributed by atoms with Crippen LogP contribution >= 0.6 is 0 Å². The van der Waals surface area contributed by atoms with Crippen molar-refractivity contribution in [2.75, 3.05) is 0 Å². The van der Waals surface area contributed by atoms with E-state index >= 15 is 0 Å². The molecule has 1 unspecified atom stereocenters. The number of nitrogens with two attached hydrogens (primary N) is 1. The molecule has 1 saturated carbocycles. The van der Waals surface area contributed by atoms with E-state index in [0.29, 0.717) is 12.6 Å². The number of carbonyl (C=O) groups is 1. The Morgan fingerprint density at radius 2 is 2.12 bits per heavy atom. The SMILES string of the molecule is Cc1ccccc1CN(C(=O)C(C)N)C1CC1. The smallest absolute Gasteiger partial charge is 0.239 e. The van der Waals surface area contributed by atoms with Crippen molar-refractivity contribution in [1.29, 1.82) is 0 Å². The largest absolute Gasteiger partial charge is 0.334 e. The molecular formula is C14H20N2O. The Morgan fingerprint density at radius 3 is 2.65 bits per heavy atom. The lowest BCUT2D eigenvalue weighted by atomic mass is 10.1. The van der Waals surface area contributed by atoms with Crippen LogP contribution in [0.4, 0.5) is 0 Å². The van der Waals surface area contributed by atoms with Gasteiger partial charge in [0.15, 0.2) is 0 Å². The highest BCUT2D eigenvalue weighted by Gasteiger charge is 2.33. The van der Waals surface area contributed by atoms with E-state index in [2.05, 4.69) is 19.1 Å². The van der Waals surface area contributed by atoms with Crippen molar-refractivity contribution in [3.8, 4) is 0 Å². The molecule has 2 N–H and O–H groups in total. The van der Waals surface area contributed by atoms with Gasteiger partial charge in [-0.25, -0.2) is 0 Å². The van der Waals surface area contributed by atoms with Crippen LogP contribution < -0.4 is 5.73 Å². The molecule has 0 heterocycles. The average Bonchev–Trinajstić information content (AvgIpc) is 3.11. The quantitative estimate of drug-likeness (QED) is 0.861. The molecule has 1 aliphatic rings. The summed E-state index contributed by atoms with van der Waals surface area (Å²) < 4.78 is 0. The average molecular weight is 232 g/mol. The van der Waals surface area contributed by atoms with Gasteiger partial charge in [-0.15, -0.1) is 0 Å². The molecule has 1 aromatic carbocycles.